The van der Waals surface area contributed by atoms with Crippen molar-refractivity contribution >= 4 is 11.9 Å². The van der Waals surface area contributed by atoms with E-state index in [9.17, 15) is 9.59 Å². The van der Waals surface area contributed by atoms with Crippen LogP contribution in [0.15, 0.2) is 54.6 Å². The summed E-state index contributed by atoms with van der Waals surface area (Å²) in [6.45, 7) is 3.94. The summed E-state index contributed by atoms with van der Waals surface area (Å²) in [7, 11) is 0. The van der Waals surface area contributed by atoms with Crippen LogP contribution in [0.1, 0.15) is 29.8 Å². The summed E-state index contributed by atoms with van der Waals surface area (Å²) in [6.07, 6.45) is 0. The van der Waals surface area contributed by atoms with Crippen LogP contribution >= 0.6 is 0 Å². The second-order valence-electron chi connectivity index (χ2n) is 5.83. The number of amides is 1. The Morgan fingerprint density at radius 3 is 2.21 bits per heavy atom. The summed E-state index contributed by atoms with van der Waals surface area (Å²) in [5, 5.41) is 11.7. The van der Waals surface area contributed by atoms with Gasteiger partial charge < -0.3 is 15.2 Å². The van der Waals surface area contributed by atoms with E-state index >= 15 is 0 Å². The fourth-order valence-electron chi connectivity index (χ4n) is 2.18. The molecule has 0 spiro atoms. The predicted octanol–water partition coefficient (Wildman–Crippen LogP) is 3.10. The van der Waals surface area contributed by atoms with Gasteiger partial charge in [-0.25, -0.2) is 4.79 Å². The molecule has 0 fully saturated rings. The lowest BCUT2D eigenvalue weighted by Gasteiger charge is -2.18. The molecule has 0 bridgehead atoms. The Hall–Kier alpha value is -2.82. The summed E-state index contributed by atoms with van der Waals surface area (Å²) < 4.78 is 5.66. The molecule has 0 radical (unpaired) electrons. The highest BCUT2D eigenvalue weighted by Crippen LogP contribution is 2.15. The zero-order valence-electron chi connectivity index (χ0n) is 13.7. The van der Waals surface area contributed by atoms with E-state index in [1.807, 2.05) is 30.3 Å². The molecule has 0 aliphatic carbocycles. The standard InChI is InChI=1S/C19H21NO4/c1-13(2)17(19(22)23)20-18(21)15-8-10-16(11-9-15)24-12-14-6-4-3-5-7-14/h3-11,13,17H,12H2,1-2H3,(H,20,21)(H,22,23)/t17-/m0/s1. The van der Waals surface area contributed by atoms with Crippen molar-refractivity contribution in [3.8, 4) is 5.75 Å². The van der Waals surface area contributed by atoms with Crippen molar-refractivity contribution in [3.63, 3.8) is 0 Å². The van der Waals surface area contributed by atoms with Crippen molar-refractivity contribution in [1.82, 2.24) is 5.32 Å². The van der Waals surface area contributed by atoms with Crippen LogP contribution in [0.5, 0.6) is 5.75 Å². The van der Waals surface area contributed by atoms with Crippen LogP contribution in [-0.2, 0) is 11.4 Å². The van der Waals surface area contributed by atoms with E-state index in [1.165, 1.54) is 0 Å². The number of hydrogen-bond donors (Lipinski definition) is 2. The lowest BCUT2D eigenvalue weighted by atomic mass is 10.0. The molecule has 0 saturated heterocycles. The van der Waals surface area contributed by atoms with Gasteiger partial charge in [0, 0.05) is 5.56 Å². The second-order valence-corrected chi connectivity index (χ2v) is 5.83. The Labute approximate surface area is 141 Å². The number of hydrogen-bond acceptors (Lipinski definition) is 3. The van der Waals surface area contributed by atoms with E-state index in [0.717, 1.165) is 5.56 Å². The number of nitrogens with one attached hydrogen (secondary N) is 1. The van der Waals surface area contributed by atoms with Gasteiger partial charge in [-0.1, -0.05) is 44.2 Å². The molecular formula is C19H21NO4. The molecule has 0 aliphatic rings. The van der Waals surface area contributed by atoms with E-state index in [-0.39, 0.29) is 5.92 Å². The number of carboxylic acid groups (broad SMARTS) is 1. The maximum absolute atomic E-state index is 12.1. The lowest BCUT2D eigenvalue weighted by Crippen LogP contribution is -2.44. The highest BCUT2D eigenvalue weighted by molar-refractivity contribution is 5.96. The molecule has 2 aromatic carbocycles. The molecule has 2 rings (SSSR count). The number of carboxylic acids is 1. The monoisotopic (exact) mass is 327 g/mol. The predicted molar refractivity (Wildman–Crippen MR) is 90.9 cm³/mol. The largest absolute Gasteiger partial charge is 0.489 e. The van der Waals surface area contributed by atoms with Gasteiger partial charge >= 0.3 is 5.97 Å². The van der Waals surface area contributed by atoms with Crippen LogP contribution in [0.25, 0.3) is 0 Å². The van der Waals surface area contributed by atoms with Gasteiger partial charge in [0.2, 0.25) is 0 Å². The Morgan fingerprint density at radius 1 is 1.04 bits per heavy atom. The molecule has 0 aromatic heterocycles. The minimum Gasteiger partial charge on any atom is -0.489 e. The number of carbonyl (C=O) groups is 2. The van der Waals surface area contributed by atoms with Gasteiger partial charge in [-0.2, -0.15) is 0 Å². The number of ether oxygens (including phenoxy) is 1. The van der Waals surface area contributed by atoms with Crippen LogP contribution in [-0.4, -0.2) is 23.0 Å². The Kier molecular flexibility index (Phi) is 5.95. The van der Waals surface area contributed by atoms with Gasteiger partial charge in [0.1, 0.15) is 18.4 Å². The molecule has 0 aliphatic heterocycles. The fourth-order valence-corrected chi connectivity index (χ4v) is 2.18. The number of benzene rings is 2. The van der Waals surface area contributed by atoms with Crippen molar-refractivity contribution in [2.24, 2.45) is 5.92 Å². The van der Waals surface area contributed by atoms with Crippen LogP contribution in [0.2, 0.25) is 0 Å². The van der Waals surface area contributed by atoms with E-state index in [4.69, 9.17) is 9.84 Å². The second kappa shape index (κ2) is 8.15. The topological polar surface area (TPSA) is 75.6 Å². The van der Waals surface area contributed by atoms with Crippen molar-refractivity contribution < 1.29 is 19.4 Å². The molecule has 126 valence electrons. The third-order valence-corrected chi connectivity index (χ3v) is 3.58. The third kappa shape index (κ3) is 4.84. The molecular weight excluding hydrogens is 306 g/mol. The highest BCUT2D eigenvalue weighted by Gasteiger charge is 2.23. The fraction of sp³-hybridized carbons (Fsp3) is 0.263. The molecule has 0 unspecified atom stereocenters. The zero-order chi connectivity index (χ0) is 17.5. The zero-order valence-corrected chi connectivity index (χ0v) is 13.7. The van der Waals surface area contributed by atoms with Crippen molar-refractivity contribution in [3.05, 3.63) is 65.7 Å². The van der Waals surface area contributed by atoms with E-state index in [2.05, 4.69) is 5.32 Å². The van der Waals surface area contributed by atoms with Crippen molar-refractivity contribution in [2.45, 2.75) is 26.5 Å². The van der Waals surface area contributed by atoms with Gasteiger partial charge in [-0.3, -0.25) is 4.79 Å². The quantitative estimate of drug-likeness (QED) is 0.819. The molecule has 0 saturated carbocycles. The van der Waals surface area contributed by atoms with Crippen molar-refractivity contribution in [1.29, 1.82) is 0 Å². The number of aliphatic carboxylic acids is 1. The number of carbonyl (C=O) groups excluding carboxylic acids is 1. The summed E-state index contributed by atoms with van der Waals surface area (Å²) in [5.41, 5.74) is 1.45. The van der Waals surface area contributed by atoms with Gasteiger partial charge in [0.15, 0.2) is 0 Å². The molecule has 5 heteroatoms. The van der Waals surface area contributed by atoms with E-state index < -0.39 is 17.9 Å². The summed E-state index contributed by atoms with van der Waals surface area (Å²) in [6, 6.07) is 15.5. The molecule has 5 nitrogen and oxygen atoms in total. The van der Waals surface area contributed by atoms with Gasteiger partial charge in [-0.05, 0) is 35.7 Å². The molecule has 2 N–H and O–H groups in total. The minimum absolute atomic E-state index is 0.195. The van der Waals surface area contributed by atoms with Gasteiger partial charge in [0.05, 0.1) is 0 Å². The summed E-state index contributed by atoms with van der Waals surface area (Å²) >= 11 is 0. The van der Waals surface area contributed by atoms with Gasteiger partial charge in [0.25, 0.3) is 5.91 Å². The normalized spacial score (nSPS) is 11.8. The van der Waals surface area contributed by atoms with Crippen LogP contribution < -0.4 is 10.1 Å². The van der Waals surface area contributed by atoms with Crippen LogP contribution in [0.3, 0.4) is 0 Å². The Bertz CT molecular complexity index is 680. The van der Waals surface area contributed by atoms with Crippen LogP contribution in [0, 0.1) is 5.92 Å². The smallest absolute Gasteiger partial charge is 0.326 e. The van der Waals surface area contributed by atoms with Crippen LogP contribution in [0.4, 0.5) is 0 Å². The average Bonchev–Trinajstić information content (AvgIpc) is 2.58. The first-order valence-electron chi connectivity index (χ1n) is 7.78. The first kappa shape index (κ1) is 17.5. The maximum Gasteiger partial charge on any atom is 0.326 e. The Morgan fingerprint density at radius 2 is 1.67 bits per heavy atom. The summed E-state index contributed by atoms with van der Waals surface area (Å²) in [4.78, 5) is 23.3. The highest BCUT2D eigenvalue weighted by atomic mass is 16.5. The molecule has 1 atom stereocenters. The van der Waals surface area contributed by atoms with E-state index in [1.54, 1.807) is 38.1 Å². The molecule has 0 heterocycles. The Balaban J connectivity index is 1.95. The minimum atomic E-state index is -1.04. The first-order valence-corrected chi connectivity index (χ1v) is 7.78. The van der Waals surface area contributed by atoms with Gasteiger partial charge in [-0.15, -0.1) is 0 Å². The first-order chi connectivity index (χ1) is 11.5. The maximum atomic E-state index is 12.1. The molecule has 1 amide bonds. The molecule has 2 aromatic rings. The summed E-state index contributed by atoms with van der Waals surface area (Å²) in [5.74, 6) is -0.999. The average molecular weight is 327 g/mol. The molecule has 24 heavy (non-hydrogen) atoms. The van der Waals surface area contributed by atoms with Crippen molar-refractivity contribution in [2.75, 3.05) is 0 Å². The van der Waals surface area contributed by atoms with E-state index in [0.29, 0.717) is 17.9 Å². The SMILES string of the molecule is CC(C)[C@H](NC(=O)c1ccc(OCc2ccccc2)cc1)C(=O)O. The lowest BCUT2D eigenvalue weighted by molar-refractivity contribution is -0.140. The number of rotatable bonds is 7. The third-order valence-electron chi connectivity index (χ3n) is 3.58.